The van der Waals surface area contributed by atoms with E-state index >= 15 is 0 Å². The van der Waals surface area contributed by atoms with Gasteiger partial charge in [-0.2, -0.15) is 13.2 Å². The molecule has 2 N–H and O–H groups in total. The first kappa shape index (κ1) is 13.8. The van der Waals surface area contributed by atoms with Gasteiger partial charge in [-0.3, -0.25) is 0 Å². The van der Waals surface area contributed by atoms with Gasteiger partial charge in [0.15, 0.2) is 0 Å². The second-order valence-electron chi connectivity index (χ2n) is 3.78. The molecule has 0 saturated carbocycles. The molecule has 1 rings (SSSR count). The molecule has 7 heteroatoms. The van der Waals surface area contributed by atoms with Crippen molar-refractivity contribution in [2.45, 2.75) is 25.1 Å². The van der Waals surface area contributed by atoms with Crippen molar-refractivity contribution in [2.24, 2.45) is 5.73 Å². The highest BCUT2D eigenvalue weighted by Crippen LogP contribution is 2.33. The molecule has 0 saturated heterocycles. The number of alkyl halides is 5. The van der Waals surface area contributed by atoms with Gasteiger partial charge in [0.05, 0.1) is 5.56 Å². The van der Waals surface area contributed by atoms with Gasteiger partial charge in [-0.05, 0) is 19.1 Å². The molecule has 1 nitrogen and oxygen atoms in total. The van der Waals surface area contributed by atoms with Crippen molar-refractivity contribution >= 4 is 0 Å². The lowest BCUT2D eigenvalue weighted by molar-refractivity contribution is -0.137. The van der Waals surface area contributed by atoms with Gasteiger partial charge in [0.2, 0.25) is 0 Å². The van der Waals surface area contributed by atoms with Crippen LogP contribution in [0.5, 0.6) is 0 Å². The van der Waals surface area contributed by atoms with Gasteiger partial charge in [-0.15, -0.1) is 0 Å². The van der Waals surface area contributed by atoms with E-state index in [1.165, 1.54) is 0 Å². The van der Waals surface area contributed by atoms with Crippen LogP contribution in [0.25, 0.3) is 0 Å². The molecule has 0 heterocycles. The smallest absolute Gasteiger partial charge is 0.317 e. The Bertz CT molecular complexity index is 410. The van der Waals surface area contributed by atoms with E-state index in [4.69, 9.17) is 5.73 Å². The fourth-order valence-corrected chi connectivity index (χ4v) is 1.25. The number of nitrogens with two attached hydrogens (primary N) is 1. The largest absolute Gasteiger partial charge is 0.416 e. The summed E-state index contributed by atoms with van der Waals surface area (Å²) in [4.78, 5) is 0. The quantitative estimate of drug-likeness (QED) is 0.808. The highest BCUT2D eigenvalue weighted by atomic mass is 19.4. The molecule has 0 bridgehead atoms. The fourth-order valence-electron chi connectivity index (χ4n) is 1.25. The highest BCUT2D eigenvalue weighted by molar-refractivity contribution is 5.31. The molecule has 0 spiro atoms. The van der Waals surface area contributed by atoms with Crippen molar-refractivity contribution in [1.82, 2.24) is 0 Å². The Morgan fingerprint density at radius 1 is 1.18 bits per heavy atom. The third-order valence-electron chi connectivity index (χ3n) is 2.33. The summed E-state index contributed by atoms with van der Waals surface area (Å²) in [5.74, 6) is -1.40. The zero-order chi connectivity index (χ0) is 13.4. The predicted octanol–water partition coefficient (Wildman–Crippen LogP) is 3.28. The molecule has 17 heavy (non-hydrogen) atoms. The lowest BCUT2D eigenvalue weighted by Gasteiger charge is -2.25. The summed E-state index contributed by atoms with van der Waals surface area (Å²) in [7, 11) is 0. The highest BCUT2D eigenvalue weighted by Gasteiger charge is 2.37. The van der Waals surface area contributed by atoms with E-state index in [1.807, 2.05) is 0 Å². The average Bonchev–Trinajstić information content (AvgIpc) is 2.15. The Morgan fingerprint density at radius 2 is 1.71 bits per heavy atom. The second kappa shape index (κ2) is 4.21. The summed E-state index contributed by atoms with van der Waals surface area (Å²) in [5.41, 5.74) is 0.946. The number of hydrogen-bond donors (Lipinski definition) is 1. The molecule has 0 radical (unpaired) electrons. The minimum Gasteiger partial charge on any atom is -0.317 e. The van der Waals surface area contributed by atoms with E-state index < -0.39 is 35.1 Å². The molecule has 0 aliphatic heterocycles. The van der Waals surface area contributed by atoms with Crippen LogP contribution in [-0.2, 0) is 11.7 Å². The fraction of sp³-hybridized carbons (Fsp3) is 0.400. The molecule has 0 aliphatic carbocycles. The second-order valence-corrected chi connectivity index (χ2v) is 3.78. The molecular weight excluding hydrogens is 248 g/mol. The Hall–Kier alpha value is -1.24. The normalized spacial score (nSPS) is 16.1. The van der Waals surface area contributed by atoms with Crippen molar-refractivity contribution in [3.8, 4) is 0 Å². The lowest BCUT2D eigenvalue weighted by atomic mass is 9.92. The molecule has 1 aromatic carbocycles. The Kier molecular flexibility index (Phi) is 3.42. The van der Waals surface area contributed by atoms with Crippen LogP contribution in [0.4, 0.5) is 26.3 Å². The number of halogens is 6. The van der Waals surface area contributed by atoms with E-state index in [1.54, 1.807) is 0 Å². The van der Waals surface area contributed by atoms with E-state index in [0.717, 1.165) is 6.92 Å². The monoisotopic (exact) mass is 257 g/mol. The third-order valence-corrected chi connectivity index (χ3v) is 2.33. The van der Waals surface area contributed by atoms with Crippen LogP contribution in [-0.4, -0.2) is 6.43 Å². The SMILES string of the molecule is CC(N)(c1ccc(C(F)(F)F)cc1F)C(F)F. The minimum atomic E-state index is -4.73. The van der Waals surface area contributed by atoms with Crippen LogP contribution in [0.3, 0.4) is 0 Å². The van der Waals surface area contributed by atoms with Crippen molar-refractivity contribution < 1.29 is 26.3 Å². The van der Waals surface area contributed by atoms with Crippen molar-refractivity contribution in [3.05, 3.63) is 35.1 Å². The zero-order valence-corrected chi connectivity index (χ0v) is 8.65. The standard InChI is InChI=1S/C10H9F6N/c1-9(17,8(12)13)6-3-2-5(4-7(6)11)10(14,15)16/h2-4,8H,17H2,1H3. The molecule has 0 aliphatic rings. The van der Waals surface area contributed by atoms with Gasteiger partial charge in [0, 0.05) is 5.56 Å². The van der Waals surface area contributed by atoms with Gasteiger partial charge >= 0.3 is 6.18 Å². The number of hydrogen-bond acceptors (Lipinski definition) is 1. The first-order chi connectivity index (χ1) is 7.56. The van der Waals surface area contributed by atoms with Gasteiger partial charge in [-0.1, -0.05) is 6.07 Å². The van der Waals surface area contributed by atoms with Crippen LogP contribution in [0.1, 0.15) is 18.1 Å². The van der Waals surface area contributed by atoms with E-state index in [9.17, 15) is 26.3 Å². The summed E-state index contributed by atoms with van der Waals surface area (Å²) in [6.07, 6.45) is -7.82. The van der Waals surface area contributed by atoms with Crippen LogP contribution in [0.2, 0.25) is 0 Å². The first-order valence-electron chi connectivity index (χ1n) is 4.51. The molecule has 96 valence electrons. The average molecular weight is 257 g/mol. The van der Waals surface area contributed by atoms with Crippen LogP contribution >= 0.6 is 0 Å². The van der Waals surface area contributed by atoms with E-state index in [2.05, 4.69) is 0 Å². The van der Waals surface area contributed by atoms with Gasteiger partial charge in [0.25, 0.3) is 6.43 Å². The molecule has 1 aromatic rings. The van der Waals surface area contributed by atoms with Gasteiger partial charge in [0.1, 0.15) is 11.4 Å². The zero-order valence-electron chi connectivity index (χ0n) is 8.65. The number of benzene rings is 1. The third kappa shape index (κ3) is 2.71. The molecule has 0 amide bonds. The van der Waals surface area contributed by atoms with Crippen LogP contribution < -0.4 is 5.73 Å². The maximum Gasteiger partial charge on any atom is 0.416 e. The lowest BCUT2D eigenvalue weighted by Crippen LogP contribution is -2.41. The van der Waals surface area contributed by atoms with Crippen LogP contribution in [0.15, 0.2) is 18.2 Å². The number of rotatable bonds is 2. The Balaban J connectivity index is 3.24. The van der Waals surface area contributed by atoms with Crippen molar-refractivity contribution in [1.29, 1.82) is 0 Å². The molecule has 1 unspecified atom stereocenters. The van der Waals surface area contributed by atoms with E-state index in [0.29, 0.717) is 12.1 Å². The van der Waals surface area contributed by atoms with Crippen LogP contribution in [0, 0.1) is 5.82 Å². The maximum absolute atomic E-state index is 13.3. The minimum absolute atomic E-state index is 0.156. The molecular formula is C10H9F6N. The summed E-state index contributed by atoms with van der Waals surface area (Å²) < 4.78 is 74.9. The summed E-state index contributed by atoms with van der Waals surface area (Å²) in [6.45, 7) is 0.851. The Morgan fingerprint density at radius 3 is 2.06 bits per heavy atom. The Labute approximate surface area is 93.2 Å². The first-order valence-corrected chi connectivity index (χ1v) is 4.51. The van der Waals surface area contributed by atoms with E-state index in [-0.39, 0.29) is 6.07 Å². The van der Waals surface area contributed by atoms with Crippen molar-refractivity contribution in [3.63, 3.8) is 0 Å². The van der Waals surface area contributed by atoms with Gasteiger partial charge < -0.3 is 5.73 Å². The maximum atomic E-state index is 13.3. The predicted molar refractivity (Wildman–Crippen MR) is 48.9 cm³/mol. The molecule has 1 atom stereocenters. The summed E-state index contributed by atoms with van der Waals surface area (Å²) >= 11 is 0. The van der Waals surface area contributed by atoms with Gasteiger partial charge in [-0.25, -0.2) is 13.2 Å². The van der Waals surface area contributed by atoms with Crippen molar-refractivity contribution in [2.75, 3.05) is 0 Å². The molecule has 0 aromatic heterocycles. The summed E-state index contributed by atoms with van der Waals surface area (Å²) in [5, 5.41) is 0. The topological polar surface area (TPSA) is 26.0 Å². The summed E-state index contributed by atoms with van der Waals surface area (Å²) in [6, 6.07) is 1.30. The molecule has 0 fully saturated rings.